The summed E-state index contributed by atoms with van der Waals surface area (Å²) in [5.74, 6) is 0. The Balaban J connectivity index is 1.60. The van der Waals surface area contributed by atoms with Gasteiger partial charge in [-0.1, -0.05) is 115 Å². The molecule has 220 valence electrons. The average Bonchev–Trinajstić information content (AvgIpc) is 3.17. The maximum Gasteiger partial charge on any atom is 0.187 e. The molecule has 0 N–H and O–H groups in total. The lowest BCUT2D eigenvalue weighted by Gasteiger charge is -2.18. The van der Waals surface area contributed by atoms with Crippen LogP contribution in [-0.4, -0.2) is 15.0 Å². The van der Waals surface area contributed by atoms with Crippen LogP contribution in [0.5, 0.6) is 0 Å². The highest BCUT2D eigenvalue weighted by Gasteiger charge is 2.23. The predicted octanol–water partition coefficient (Wildman–Crippen LogP) is 11.0. The van der Waals surface area contributed by atoms with Crippen molar-refractivity contribution in [2.45, 2.75) is 0 Å². The number of nitriles is 1. The summed E-state index contributed by atoms with van der Waals surface area (Å²) in [7, 11) is 0. The molecule has 0 spiro atoms. The van der Waals surface area contributed by atoms with Crippen LogP contribution in [0.2, 0.25) is 0 Å². The van der Waals surface area contributed by atoms with Gasteiger partial charge in [-0.05, 0) is 40.5 Å². The lowest BCUT2D eigenvalue weighted by molar-refractivity contribution is 1.30. The molecular weight excluding hydrogens is 589 g/mol. The lowest BCUT2D eigenvalue weighted by Crippen LogP contribution is -2.00. The highest BCUT2D eigenvalue weighted by Crippen LogP contribution is 2.44. The van der Waals surface area contributed by atoms with Gasteiger partial charge in [0.2, 0.25) is 0 Å². The van der Waals surface area contributed by atoms with E-state index in [4.69, 9.17) is 28.1 Å². The maximum atomic E-state index is 10.2. The van der Waals surface area contributed by atoms with Gasteiger partial charge in [-0.25, -0.2) is 24.6 Å². The molecule has 0 aliphatic carbocycles. The van der Waals surface area contributed by atoms with Crippen LogP contribution >= 0.6 is 0 Å². The molecule has 8 aromatic rings. The van der Waals surface area contributed by atoms with Gasteiger partial charge < -0.3 is 0 Å². The van der Waals surface area contributed by atoms with E-state index in [9.17, 15) is 5.26 Å². The smallest absolute Gasteiger partial charge is 0.187 e. The molecular formula is C42H22N6. The first-order valence-electron chi connectivity index (χ1n) is 15.2. The molecule has 0 saturated heterocycles. The third-order valence-corrected chi connectivity index (χ3v) is 8.53. The second kappa shape index (κ2) is 11.6. The number of hydrogen-bond donors (Lipinski definition) is 0. The fourth-order valence-corrected chi connectivity index (χ4v) is 6.28. The molecule has 8 rings (SSSR count). The van der Waals surface area contributed by atoms with Crippen molar-refractivity contribution in [2.24, 2.45) is 0 Å². The number of rotatable bonds is 4. The summed E-state index contributed by atoms with van der Waals surface area (Å²) in [4.78, 5) is 23.1. The van der Waals surface area contributed by atoms with E-state index >= 15 is 0 Å². The molecule has 0 amide bonds. The molecule has 0 unspecified atom stereocenters. The molecule has 0 fully saturated rings. The van der Waals surface area contributed by atoms with Gasteiger partial charge in [0.1, 0.15) is 0 Å². The van der Waals surface area contributed by atoms with Crippen molar-refractivity contribution < 1.29 is 0 Å². The third-order valence-electron chi connectivity index (χ3n) is 8.53. The second-order valence-electron chi connectivity index (χ2n) is 11.3. The van der Waals surface area contributed by atoms with Crippen LogP contribution in [0.25, 0.3) is 87.3 Å². The summed E-state index contributed by atoms with van der Waals surface area (Å²) in [5.41, 5.74) is 9.96. The molecule has 6 aromatic carbocycles. The predicted molar refractivity (Wildman–Crippen MR) is 191 cm³/mol. The van der Waals surface area contributed by atoms with Crippen molar-refractivity contribution in [3.05, 3.63) is 162 Å². The topological polar surface area (TPSA) is 71.2 Å². The fraction of sp³-hybridized carbons (Fsp3) is 0. The monoisotopic (exact) mass is 610 g/mol. The van der Waals surface area contributed by atoms with E-state index in [1.807, 2.05) is 84.9 Å². The Morgan fingerprint density at radius 1 is 0.500 bits per heavy atom. The Bertz CT molecular complexity index is 2680. The van der Waals surface area contributed by atoms with Gasteiger partial charge in [0, 0.05) is 21.7 Å². The second-order valence-corrected chi connectivity index (χ2v) is 11.3. The number of pyridine rings is 1. The molecule has 6 nitrogen and oxygen atoms in total. The van der Waals surface area contributed by atoms with Crippen molar-refractivity contribution in [3.8, 4) is 51.0 Å². The van der Waals surface area contributed by atoms with Crippen LogP contribution in [0.4, 0.5) is 11.4 Å². The van der Waals surface area contributed by atoms with Gasteiger partial charge in [-0.15, -0.1) is 0 Å². The normalized spacial score (nSPS) is 10.9. The molecule has 0 aliphatic rings. The number of fused-ring (bicyclic) bond motifs is 5. The van der Waals surface area contributed by atoms with Gasteiger partial charge in [0.25, 0.3) is 0 Å². The third kappa shape index (κ3) is 4.68. The minimum atomic E-state index is 0.513. The summed E-state index contributed by atoms with van der Waals surface area (Å²) in [6, 6.07) is 44.9. The Hall–Kier alpha value is -7.20. The van der Waals surface area contributed by atoms with Gasteiger partial charge in [0.15, 0.2) is 11.4 Å². The van der Waals surface area contributed by atoms with Crippen LogP contribution in [0.3, 0.4) is 0 Å². The van der Waals surface area contributed by atoms with Gasteiger partial charge in [0.05, 0.1) is 58.4 Å². The fourth-order valence-electron chi connectivity index (χ4n) is 6.28. The van der Waals surface area contributed by atoms with Gasteiger partial charge in [-0.2, -0.15) is 5.26 Å². The molecule has 0 atom stereocenters. The number of aromatic nitrogens is 3. The Morgan fingerprint density at radius 3 is 1.75 bits per heavy atom. The maximum absolute atomic E-state index is 10.2. The van der Waals surface area contributed by atoms with Crippen LogP contribution in [-0.2, 0) is 0 Å². The first-order chi connectivity index (χ1) is 23.7. The van der Waals surface area contributed by atoms with Gasteiger partial charge >= 0.3 is 0 Å². The number of nitrogens with zero attached hydrogens (tertiary/aromatic N) is 6. The van der Waals surface area contributed by atoms with Crippen molar-refractivity contribution in [1.29, 1.82) is 5.26 Å². The van der Waals surface area contributed by atoms with E-state index in [0.29, 0.717) is 50.6 Å². The Kier molecular flexibility index (Phi) is 6.85. The van der Waals surface area contributed by atoms with E-state index < -0.39 is 0 Å². The van der Waals surface area contributed by atoms with Crippen LogP contribution < -0.4 is 0 Å². The van der Waals surface area contributed by atoms with E-state index in [-0.39, 0.29) is 0 Å². The molecule has 6 heteroatoms. The lowest BCUT2D eigenvalue weighted by atomic mass is 9.90. The SMILES string of the molecule is [C-]#[N+]c1ccc(-c2nc3cc(-c4ccccc4)c4c5ccccc5nc(-c5ccccc5C#N)c4c3nc2-c2ccc([N+]#[C-])cc2)cc1. The largest absolute Gasteiger partial charge is 0.247 e. The first-order valence-corrected chi connectivity index (χ1v) is 15.2. The van der Waals surface area contributed by atoms with Crippen molar-refractivity contribution >= 4 is 44.1 Å². The molecule has 48 heavy (non-hydrogen) atoms. The number of hydrogen-bond acceptors (Lipinski definition) is 4. The Labute approximate surface area is 276 Å². The molecule has 0 radical (unpaired) electrons. The summed E-state index contributed by atoms with van der Waals surface area (Å²) in [6.07, 6.45) is 0. The molecule has 0 bridgehead atoms. The van der Waals surface area contributed by atoms with Crippen LogP contribution in [0.15, 0.2) is 133 Å². The zero-order valence-corrected chi connectivity index (χ0v) is 25.4. The summed E-state index contributed by atoms with van der Waals surface area (Å²) in [5, 5.41) is 12.9. The first kappa shape index (κ1) is 28.3. The standard InChI is InChI=1S/C42H22N6/c1-44-30-20-16-27(17-21-30)39-40(28-18-22-31(45-2)23-19-28)48-42-36(47-39)24-34(26-10-4-3-5-11-26)37-33-14-8-9-15-35(33)46-41(38(37)42)32-13-7-6-12-29(32)25-43/h3-24H. The summed E-state index contributed by atoms with van der Waals surface area (Å²) >= 11 is 0. The zero-order valence-electron chi connectivity index (χ0n) is 25.4. The highest BCUT2D eigenvalue weighted by atomic mass is 14.8. The number of para-hydroxylation sites is 1. The molecule has 0 aliphatic heterocycles. The Morgan fingerprint density at radius 2 is 1.08 bits per heavy atom. The van der Waals surface area contributed by atoms with Crippen molar-refractivity contribution in [2.75, 3.05) is 0 Å². The quantitative estimate of drug-likeness (QED) is 0.147. The average molecular weight is 611 g/mol. The van der Waals surface area contributed by atoms with Crippen LogP contribution in [0, 0.1) is 24.5 Å². The van der Waals surface area contributed by atoms with E-state index in [1.54, 1.807) is 24.3 Å². The van der Waals surface area contributed by atoms with Gasteiger partial charge in [-0.3, -0.25) is 0 Å². The molecule has 2 heterocycles. The van der Waals surface area contributed by atoms with E-state index in [2.05, 4.69) is 40.0 Å². The zero-order chi connectivity index (χ0) is 32.6. The van der Waals surface area contributed by atoms with Crippen LogP contribution in [0.1, 0.15) is 5.56 Å². The van der Waals surface area contributed by atoms with Crippen molar-refractivity contribution in [1.82, 2.24) is 15.0 Å². The minimum absolute atomic E-state index is 0.513. The molecule has 0 saturated carbocycles. The van der Waals surface area contributed by atoms with Crippen molar-refractivity contribution in [3.63, 3.8) is 0 Å². The highest BCUT2D eigenvalue weighted by molar-refractivity contribution is 6.25. The number of benzene rings is 6. The van der Waals surface area contributed by atoms with E-state index in [1.165, 1.54) is 0 Å². The summed E-state index contributed by atoms with van der Waals surface area (Å²) in [6.45, 7) is 14.9. The molecule has 2 aromatic heterocycles. The van der Waals surface area contributed by atoms with E-state index in [0.717, 1.165) is 43.9 Å². The minimum Gasteiger partial charge on any atom is -0.247 e. The summed E-state index contributed by atoms with van der Waals surface area (Å²) < 4.78 is 0.